The number of benzene rings is 1. The van der Waals surface area contributed by atoms with Gasteiger partial charge in [-0.1, -0.05) is 25.4 Å². The SMILES string of the molecule is CC(=N)Cc1cc(Cl)cc(C(C)C)c1C. The zero-order chi connectivity index (χ0) is 11.6. The standard InChI is InChI=1S/C13H18ClN/c1-8(2)13-7-12(14)6-11(10(13)4)5-9(3)15/h6-8,15H,5H2,1-4H3. The average molecular weight is 224 g/mol. The van der Waals surface area contributed by atoms with Gasteiger partial charge in [0.15, 0.2) is 0 Å². The van der Waals surface area contributed by atoms with E-state index in [1.54, 1.807) is 0 Å². The van der Waals surface area contributed by atoms with Gasteiger partial charge in [-0.25, -0.2) is 0 Å². The van der Waals surface area contributed by atoms with Gasteiger partial charge in [-0.05, 0) is 48.6 Å². The van der Waals surface area contributed by atoms with Gasteiger partial charge in [0.2, 0.25) is 0 Å². The van der Waals surface area contributed by atoms with Crippen LogP contribution in [0.5, 0.6) is 0 Å². The number of halogens is 1. The quantitative estimate of drug-likeness (QED) is 0.737. The Bertz CT molecular complexity index is 380. The molecule has 0 fully saturated rings. The Hall–Kier alpha value is -0.820. The van der Waals surface area contributed by atoms with Crippen molar-refractivity contribution < 1.29 is 0 Å². The minimum Gasteiger partial charge on any atom is -0.310 e. The lowest BCUT2D eigenvalue weighted by Crippen LogP contribution is -2.02. The Morgan fingerprint density at radius 3 is 2.47 bits per heavy atom. The second kappa shape index (κ2) is 4.80. The molecule has 15 heavy (non-hydrogen) atoms. The van der Waals surface area contributed by atoms with Crippen LogP contribution in [-0.2, 0) is 6.42 Å². The molecular weight excluding hydrogens is 206 g/mol. The van der Waals surface area contributed by atoms with Crippen molar-refractivity contribution in [1.82, 2.24) is 0 Å². The predicted octanol–water partition coefficient (Wildman–Crippen LogP) is 4.35. The van der Waals surface area contributed by atoms with E-state index in [0.29, 0.717) is 18.1 Å². The van der Waals surface area contributed by atoms with Crippen LogP contribution < -0.4 is 0 Å². The van der Waals surface area contributed by atoms with E-state index in [9.17, 15) is 0 Å². The highest BCUT2D eigenvalue weighted by Crippen LogP contribution is 2.26. The third-order valence-electron chi connectivity index (χ3n) is 2.60. The maximum absolute atomic E-state index is 7.53. The lowest BCUT2D eigenvalue weighted by atomic mass is 9.92. The molecule has 0 saturated heterocycles. The predicted molar refractivity (Wildman–Crippen MR) is 67.4 cm³/mol. The summed E-state index contributed by atoms with van der Waals surface area (Å²) in [7, 11) is 0. The maximum atomic E-state index is 7.53. The van der Waals surface area contributed by atoms with Crippen LogP contribution >= 0.6 is 11.6 Å². The van der Waals surface area contributed by atoms with Gasteiger partial charge in [-0.3, -0.25) is 0 Å². The molecule has 0 amide bonds. The zero-order valence-electron chi connectivity index (χ0n) is 9.82. The summed E-state index contributed by atoms with van der Waals surface area (Å²) in [6, 6.07) is 4.01. The second-order valence-corrected chi connectivity index (χ2v) is 4.83. The molecule has 1 rings (SSSR count). The fourth-order valence-electron chi connectivity index (χ4n) is 1.83. The molecule has 1 N–H and O–H groups in total. The first-order valence-electron chi connectivity index (χ1n) is 5.24. The molecule has 0 heterocycles. The van der Waals surface area contributed by atoms with Crippen molar-refractivity contribution in [3.8, 4) is 0 Å². The lowest BCUT2D eigenvalue weighted by molar-refractivity contribution is 0.852. The van der Waals surface area contributed by atoms with Crippen LogP contribution in [0.1, 0.15) is 43.4 Å². The fourth-order valence-corrected chi connectivity index (χ4v) is 2.08. The molecule has 0 saturated carbocycles. The van der Waals surface area contributed by atoms with E-state index in [-0.39, 0.29) is 0 Å². The molecule has 0 aliphatic heterocycles. The molecule has 2 heteroatoms. The molecule has 0 aliphatic carbocycles. The van der Waals surface area contributed by atoms with Crippen LogP contribution in [0, 0.1) is 12.3 Å². The van der Waals surface area contributed by atoms with Crippen LogP contribution in [0.15, 0.2) is 12.1 Å². The van der Waals surface area contributed by atoms with Crippen molar-refractivity contribution in [2.45, 2.75) is 40.0 Å². The molecule has 0 radical (unpaired) electrons. The maximum Gasteiger partial charge on any atom is 0.0411 e. The van der Waals surface area contributed by atoms with Crippen LogP contribution in [0.4, 0.5) is 0 Å². The van der Waals surface area contributed by atoms with Gasteiger partial charge in [0.05, 0.1) is 0 Å². The largest absolute Gasteiger partial charge is 0.310 e. The van der Waals surface area contributed by atoms with Crippen molar-refractivity contribution in [3.63, 3.8) is 0 Å². The average Bonchev–Trinajstić information content (AvgIpc) is 2.09. The minimum atomic E-state index is 0.480. The third kappa shape index (κ3) is 3.07. The van der Waals surface area contributed by atoms with Crippen molar-refractivity contribution in [2.24, 2.45) is 0 Å². The topological polar surface area (TPSA) is 23.9 Å². The number of hydrogen-bond donors (Lipinski definition) is 1. The molecule has 0 atom stereocenters. The summed E-state index contributed by atoms with van der Waals surface area (Å²) >= 11 is 6.08. The Kier molecular flexibility index (Phi) is 3.92. The van der Waals surface area contributed by atoms with Crippen LogP contribution in [-0.4, -0.2) is 5.71 Å². The first kappa shape index (κ1) is 12.3. The summed E-state index contributed by atoms with van der Waals surface area (Å²) in [4.78, 5) is 0. The molecule has 0 aliphatic rings. The molecule has 0 spiro atoms. The molecule has 1 aromatic carbocycles. The summed E-state index contributed by atoms with van der Waals surface area (Å²) in [6.45, 7) is 8.28. The molecule has 0 unspecified atom stereocenters. The lowest BCUT2D eigenvalue weighted by Gasteiger charge is -2.14. The molecule has 1 nitrogen and oxygen atoms in total. The van der Waals surface area contributed by atoms with Crippen molar-refractivity contribution in [2.75, 3.05) is 0 Å². The van der Waals surface area contributed by atoms with E-state index in [1.807, 2.05) is 19.1 Å². The molecule has 82 valence electrons. The highest BCUT2D eigenvalue weighted by molar-refractivity contribution is 6.30. The Balaban J connectivity index is 3.21. The van der Waals surface area contributed by atoms with E-state index in [2.05, 4.69) is 20.8 Å². The van der Waals surface area contributed by atoms with Crippen molar-refractivity contribution >= 4 is 17.3 Å². The number of hydrogen-bond acceptors (Lipinski definition) is 1. The third-order valence-corrected chi connectivity index (χ3v) is 2.82. The van der Waals surface area contributed by atoms with Crippen molar-refractivity contribution in [3.05, 3.63) is 33.8 Å². The summed E-state index contributed by atoms with van der Waals surface area (Å²) < 4.78 is 0. The van der Waals surface area contributed by atoms with E-state index >= 15 is 0 Å². The van der Waals surface area contributed by atoms with Gasteiger partial charge in [0.25, 0.3) is 0 Å². The monoisotopic (exact) mass is 223 g/mol. The molecule has 1 aromatic rings. The number of rotatable bonds is 3. The Morgan fingerprint density at radius 2 is 2.00 bits per heavy atom. The normalized spacial score (nSPS) is 10.8. The van der Waals surface area contributed by atoms with E-state index in [1.165, 1.54) is 16.7 Å². The highest BCUT2D eigenvalue weighted by atomic mass is 35.5. The van der Waals surface area contributed by atoms with Crippen LogP contribution in [0.25, 0.3) is 0 Å². The van der Waals surface area contributed by atoms with E-state index in [0.717, 1.165) is 5.02 Å². The van der Waals surface area contributed by atoms with Gasteiger partial charge in [-0.2, -0.15) is 0 Å². The van der Waals surface area contributed by atoms with Gasteiger partial charge in [0, 0.05) is 17.2 Å². The summed E-state index contributed by atoms with van der Waals surface area (Å²) in [5, 5.41) is 8.31. The van der Waals surface area contributed by atoms with E-state index < -0.39 is 0 Å². The highest BCUT2D eigenvalue weighted by Gasteiger charge is 2.09. The fraction of sp³-hybridized carbons (Fsp3) is 0.462. The zero-order valence-corrected chi connectivity index (χ0v) is 10.6. The Labute approximate surface area is 97.0 Å². The van der Waals surface area contributed by atoms with Crippen molar-refractivity contribution in [1.29, 1.82) is 5.41 Å². The van der Waals surface area contributed by atoms with Gasteiger partial charge < -0.3 is 5.41 Å². The molecule has 0 aromatic heterocycles. The van der Waals surface area contributed by atoms with Gasteiger partial charge in [-0.15, -0.1) is 0 Å². The number of nitrogens with one attached hydrogen (secondary N) is 1. The summed E-state index contributed by atoms with van der Waals surface area (Å²) in [5.74, 6) is 0.480. The first-order valence-corrected chi connectivity index (χ1v) is 5.62. The van der Waals surface area contributed by atoms with Gasteiger partial charge in [0.1, 0.15) is 0 Å². The minimum absolute atomic E-state index is 0.480. The summed E-state index contributed by atoms with van der Waals surface area (Å²) in [6.07, 6.45) is 0.701. The Morgan fingerprint density at radius 1 is 1.40 bits per heavy atom. The smallest absolute Gasteiger partial charge is 0.0411 e. The van der Waals surface area contributed by atoms with E-state index in [4.69, 9.17) is 17.0 Å². The van der Waals surface area contributed by atoms with Gasteiger partial charge >= 0.3 is 0 Å². The molecular formula is C13H18ClN. The van der Waals surface area contributed by atoms with Crippen LogP contribution in [0.3, 0.4) is 0 Å². The summed E-state index contributed by atoms with van der Waals surface area (Å²) in [5.41, 5.74) is 4.42. The second-order valence-electron chi connectivity index (χ2n) is 4.39. The first-order chi connectivity index (χ1) is 6.91. The van der Waals surface area contributed by atoms with Crippen LogP contribution in [0.2, 0.25) is 5.02 Å². The molecule has 0 bridgehead atoms.